The largest absolute Gasteiger partial charge is 0.496 e. The number of methoxy groups -OCH3 is 3. The number of benzene rings is 2. The molecule has 8 heteroatoms. The minimum atomic E-state index is -0.563. The fourth-order valence-electron chi connectivity index (χ4n) is 2.40. The van der Waals surface area contributed by atoms with Crippen LogP contribution in [-0.4, -0.2) is 32.2 Å². The van der Waals surface area contributed by atoms with Gasteiger partial charge in [-0.25, -0.2) is 0 Å². The normalized spacial score (nSPS) is 10.1. The molecule has 0 aliphatic carbocycles. The molecule has 0 unspecified atom stereocenters. The van der Waals surface area contributed by atoms with Gasteiger partial charge >= 0.3 is 0 Å². The number of rotatable bonds is 8. The zero-order chi connectivity index (χ0) is 19.1. The molecule has 0 atom stereocenters. The summed E-state index contributed by atoms with van der Waals surface area (Å²) < 4.78 is 15.4. The van der Waals surface area contributed by atoms with Crippen LogP contribution in [-0.2, 0) is 11.2 Å². The van der Waals surface area contributed by atoms with Gasteiger partial charge in [0.25, 0.3) is 5.69 Å². The first-order valence-corrected chi connectivity index (χ1v) is 7.81. The van der Waals surface area contributed by atoms with E-state index in [0.717, 1.165) is 5.56 Å². The molecule has 0 aromatic heterocycles. The van der Waals surface area contributed by atoms with E-state index in [-0.39, 0.29) is 23.7 Å². The van der Waals surface area contributed by atoms with Crippen LogP contribution < -0.4 is 19.5 Å². The molecule has 0 spiro atoms. The summed E-state index contributed by atoms with van der Waals surface area (Å²) in [4.78, 5) is 22.8. The summed E-state index contributed by atoms with van der Waals surface area (Å²) in [5.41, 5.74) is 0.805. The Morgan fingerprint density at radius 2 is 1.77 bits per heavy atom. The molecule has 0 aliphatic heterocycles. The van der Waals surface area contributed by atoms with Gasteiger partial charge in [-0.15, -0.1) is 0 Å². The molecular formula is C18H20N2O6. The third-order valence-corrected chi connectivity index (χ3v) is 3.76. The summed E-state index contributed by atoms with van der Waals surface area (Å²) in [5.74, 6) is 1.21. The average Bonchev–Trinajstić information content (AvgIpc) is 2.66. The predicted molar refractivity (Wildman–Crippen MR) is 96.1 cm³/mol. The molecule has 0 radical (unpaired) electrons. The Bertz CT molecular complexity index is 806. The number of hydrogen-bond donors (Lipinski definition) is 1. The van der Waals surface area contributed by atoms with E-state index in [2.05, 4.69) is 5.32 Å². The molecular weight excluding hydrogens is 340 g/mol. The standard InChI is InChI=1S/C18H20N2O6/c1-24-13-6-7-14(15(11-13)20(22)23)19-18(21)9-5-12-4-8-16(25-2)17(10-12)26-3/h4,6-8,10-11H,5,9H2,1-3H3,(H,19,21). The Labute approximate surface area is 150 Å². The first kappa shape index (κ1) is 19.0. The van der Waals surface area contributed by atoms with Crippen LogP contribution in [0.1, 0.15) is 12.0 Å². The Kier molecular flexibility index (Phi) is 6.37. The van der Waals surface area contributed by atoms with E-state index in [1.54, 1.807) is 25.3 Å². The lowest BCUT2D eigenvalue weighted by atomic mass is 10.1. The third kappa shape index (κ3) is 4.62. The molecule has 2 rings (SSSR count). The smallest absolute Gasteiger partial charge is 0.296 e. The summed E-state index contributed by atoms with van der Waals surface area (Å²) in [6.45, 7) is 0. The van der Waals surface area contributed by atoms with Gasteiger partial charge in [0.05, 0.1) is 32.3 Å². The summed E-state index contributed by atoms with van der Waals surface area (Å²) >= 11 is 0. The van der Waals surface area contributed by atoms with E-state index in [1.165, 1.54) is 26.4 Å². The first-order valence-electron chi connectivity index (χ1n) is 7.81. The average molecular weight is 360 g/mol. The van der Waals surface area contributed by atoms with Crippen molar-refractivity contribution in [1.29, 1.82) is 0 Å². The van der Waals surface area contributed by atoms with Gasteiger partial charge in [-0.2, -0.15) is 0 Å². The van der Waals surface area contributed by atoms with Crippen molar-refractivity contribution >= 4 is 17.3 Å². The molecule has 0 saturated carbocycles. The van der Waals surface area contributed by atoms with Crippen molar-refractivity contribution < 1.29 is 23.9 Å². The number of carbonyl (C=O) groups excluding carboxylic acids is 1. The molecule has 26 heavy (non-hydrogen) atoms. The summed E-state index contributed by atoms with van der Waals surface area (Å²) in [7, 11) is 4.50. The predicted octanol–water partition coefficient (Wildman–Crippen LogP) is 3.19. The number of nitrogens with one attached hydrogen (secondary N) is 1. The van der Waals surface area contributed by atoms with Crippen molar-refractivity contribution in [1.82, 2.24) is 0 Å². The second-order valence-corrected chi connectivity index (χ2v) is 5.38. The number of aryl methyl sites for hydroxylation is 1. The van der Waals surface area contributed by atoms with Crippen LogP contribution in [0.4, 0.5) is 11.4 Å². The van der Waals surface area contributed by atoms with Crippen molar-refractivity contribution in [2.24, 2.45) is 0 Å². The maximum atomic E-state index is 12.2. The number of carbonyl (C=O) groups is 1. The van der Waals surface area contributed by atoms with Gasteiger partial charge in [-0.05, 0) is 36.2 Å². The fourth-order valence-corrected chi connectivity index (χ4v) is 2.40. The Balaban J connectivity index is 2.04. The third-order valence-electron chi connectivity index (χ3n) is 3.76. The molecule has 1 N–H and O–H groups in total. The topological polar surface area (TPSA) is 99.9 Å². The summed E-state index contributed by atoms with van der Waals surface area (Å²) in [6, 6.07) is 9.67. The molecule has 0 fully saturated rings. The van der Waals surface area contributed by atoms with E-state index in [9.17, 15) is 14.9 Å². The van der Waals surface area contributed by atoms with Crippen LogP contribution in [0.15, 0.2) is 36.4 Å². The molecule has 1 amide bonds. The maximum Gasteiger partial charge on any atom is 0.296 e. The van der Waals surface area contributed by atoms with E-state index < -0.39 is 4.92 Å². The number of nitrogens with zero attached hydrogens (tertiary/aromatic N) is 1. The molecule has 138 valence electrons. The maximum absolute atomic E-state index is 12.2. The van der Waals surface area contributed by atoms with Crippen molar-refractivity contribution in [2.75, 3.05) is 26.6 Å². The number of nitro benzene ring substituents is 1. The summed E-state index contributed by atoms with van der Waals surface area (Å²) in [5, 5.41) is 13.7. The van der Waals surface area contributed by atoms with Crippen molar-refractivity contribution in [2.45, 2.75) is 12.8 Å². The second-order valence-electron chi connectivity index (χ2n) is 5.38. The molecule has 0 aliphatic rings. The number of amides is 1. The quantitative estimate of drug-likeness (QED) is 0.573. The second kappa shape index (κ2) is 8.70. The van der Waals surface area contributed by atoms with Crippen LogP contribution in [0.25, 0.3) is 0 Å². The van der Waals surface area contributed by atoms with Crippen LogP contribution in [0.2, 0.25) is 0 Å². The number of ether oxygens (including phenoxy) is 3. The number of hydrogen-bond acceptors (Lipinski definition) is 6. The van der Waals surface area contributed by atoms with Gasteiger partial charge in [0, 0.05) is 6.42 Å². The van der Waals surface area contributed by atoms with Crippen molar-refractivity contribution in [3.63, 3.8) is 0 Å². The van der Waals surface area contributed by atoms with Crippen LogP contribution >= 0.6 is 0 Å². The SMILES string of the molecule is COc1ccc(NC(=O)CCc2ccc(OC)c(OC)c2)c([N+](=O)[O-])c1. The summed E-state index contributed by atoms with van der Waals surface area (Å²) in [6.07, 6.45) is 0.620. The monoisotopic (exact) mass is 360 g/mol. The lowest BCUT2D eigenvalue weighted by molar-refractivity contribution is -0.384. The highest BCUT2D eigenvalue weighted by molar-refractivity contribution is 5.93. The van der Waals surface area contributed by atoms with Crippen LogP contribution in [0, 0.1) is 10.1 Å². The van der Waals surface area contributed by atoms with E-state index in [1.807, 2.05) is 6.07 Å². The fraction of sp³-hybridized carbons (Fsp3) is 0.278. The Hall–Kier alpha value is -3.29. The van der Waals surface area contributed by atoms with Crippen LogP contribution in [0.3, 0.4) is 0 Å². The molecule has 8 nitrogen and oxygen atoms in total. The van der Waals surface area contributed by atoms with Crippen LogP contribution in [0.5, 0.6) is 17.2 Å². The molecule has 0 saturated heterocycles. The molecule has 0 heterocycles. The Morgan fingerprint density at radius 3 is 2.38 bits per heavy atom. The minimum absolute atomic E-state index is 0.133. The highest BCUT2D eigenvalue weighted by Gasteiger charge is 2.17. The highest BCUT2D eigenvalue weighted by atomic mass is 16.6. The highest BCUT2D eigenvalue weighted by Crippen LogP contribution is 2.30. The van der Waals surface area contributed by atoms with E-state index >= 15 is 0 Å². The van der Waals surface area contributed by atoms with E-state index in [4.69, 9.17) is 14.2 Å². The number of nitro groups is 1. The Morgan fingerprint density at radius 1 is 1.04 bits per heavy atom. The minimum Gasteiger partial charge on any atom is -0.496 e. The zero-order valence-electron chi connectivity index (χ0n) is 14.8. The molecule has 2 aromatic carbocycles. The lowest BCUT2D eigenvalue weighted by Gasteiger charge is -2.10. The number of anilines is 1. The van der Waals surface area contributed by atoms with Gasteiger partial charge in [-0.1, -0.05) is 6.07 Å². The first-order chi connectivity index (χ1) is 12.5. The van der Waals surface area contributed by atoms with Gasteiger partial charge in [-0.3, -0.25) is 14.9 Å². The molecule has 2 aromatic rings. The molecule has 0 bridgehead atoms. The van der Waals surface area contributed by atoms with Gasteiger partial charge in [0.2, 0.25) is 5.91 Å². The van der Waals surface area contributed by atoms with Crippen molar-refractivity contribution in [3.05, 3.63) is 52.1 Å². The lowest BCUT2D eigenvalue weighted by Crippen LogP contribution is -2.13. The van der Waals surface area contributed by atoms with Gasteiger partial charge in [0.1, 0.15) is 11.4 Å². The van der Waals surface area contributed by atoms with Gasteiger partial charge < -0.3 is 19.5 Å². The zero-order valence-corrected chi connectivity index (χ0v) is 14.8. The van der Waals surface area contributed by atoms with Gasteiger partial charge in [0.15, 0.2) is 11.5 Å². The van der Waals surface area contributed by atoms with E-state index in [0.29, 0.717) is 23.7 Å². The van der Waals surface area contributed by atoms with Crippen molar-refractivity contribution in [3.8, 4) is 17.2 Å².